The van der Waals surface area contributed by atoms with Gasteiger partial charge in [0.05, 0.1) is 0 Å². The number of allylic oxidation sites excluding steroid dienone is 4. The third kappa shape index (κ3) is 3.37. The standard InChI is InChI=1S/C28H42O2/c1-17(2)18(3)7-8-19(4)22-9-10-23-21-16-26(30)25-15-20(29)11-13-28(25,6)24(21)12-14-27(22,23)5/h7-8,16-19,22-25H,9-15H2,1-6H3/b8-7+/t18-,19+,22?,23?,24?,25?,27+,28+/m0/s1. The van der Waals surface area contributed by atoms with E-state index in [1.165, 1.54) is 31.3 Å². The summed E-state index contributed by atoms with van der Waals surface area (Å²) in [4.78, 5) is 25.2. The molecule has 0 aliphatic heterocycles. The molecule has 2 heteroatoms. The van der Waals surface area contributed by atoms with Crippen molar-refractivity contribution in [1.29, 1.82) is 0 Å². The van der Waals surface area contributed by atoms with E-state index in [1.807, 2.05) is 6.08 Å². The van der Waals surface area contributed by atoms with E-state index in [1.54, 1.807) is 0 Å². The SMILES string of the molecule is CC(C)[C@@H](C)/C=C/[C@@H](C)C1CCC2C3=CC(=O)C4CC(=O)CC[C@]4(C)C3CC[C@@]21C. The van der Waals surface area contributed by atoms with Crippen molar-refractivity contribution in [3.8, 4) is 0 Å². The van der Waals surface area contributed by atoms with Crippen molar-refractivity contribution < 1.29 is 9.59 Å². The number of Topliss-reactive ketones (excluding diaryl/α,β-unsaturated/α-hetero) is 1. The lowest BCUT2D eigenvalue weighted by atomic mass is 9.47. The van der Waals surface area contributed by atoms with Gasteiger partial charge in [0.1, 0.15) is 5.78 Å². The highest BCUT2D eigenvalue weighted by molar-refractivity contribution is 5.98. The largest absolute Gasteiger partial charge is 0.300 e. The van der Waals surface area contributed by atoms with Crippen LogP contribution in [0.5, 0.6) is 0 Å². The van der Waals surface area contributed by atoms with Gasteiger partial charge in [-0.2, -0.15) is 0 Å². The lowest BCUT2D eigenvalue weighted by molar-refractivity contribution is -0.138. The summed E-state index contributed by atoms with van der Waals surface area (Å²) in [5, 5.41) is 0. The molecule has 3 fully saturated rings. The predicted octanol–water partition coefficient (Wildman–Crippen LogP) is 6.80. The molecule has 0 bridgehead atoms. The zero-order valence-corrected chi connectivity index (χ0v) is 20.0. The molecule has 8 atom stereocenters. The molecule has 0 amide bonds. The molecule has 30 heavy (non-hydrogen) atoms. The van der Waals surface area contributed by atoms with E-state index in [0.29, 0.717) is 59.5 Å². The molecule has 4 unspecified atom stereocenters. The molecule has 4 rings (SSSR count). The number of hydrogen-bond donors (Lipinski definition) is 0. The average Bonchev–Trinajstić information content (AvgIpc) is 3.04. The van der Waals surface area contributed by atoms with Crippen LogP contribution in [0.4, 0.5) is 0 Å². The number of ketones is 2. The number of carbonyl (C=O) groups excluding carboxylic acids is 2. The van der Waals surface area contributed by atoms with Gasteiger partial charge in [-0.05, 0) is 84.5 Å². The van der Waals surface area contributed by atoms with E-state index < -0.39 is 0 Å². The minimum Gasteiger partial charge on any atom is -0.300 e. The number of rotatable bonds is 4. The Balaban J connectivity index is 1.59. The van der Waals surface area contributed by atoms with Crippen LogP contribution in [0.15, 0.2) is 23.8 Å². The van der Waals surface area contributed by atoms with E-state index in [9.17, 15) is 9.59 Å². The Morgan fingerprint density at radius 1 is 0.900 bits per heavy atom. The first kappa shape index (κ1) is 22.0. The smallest absolute Gasteiger partial charge is 0.159 e. The Hall–Kier alpha value is -1.18. The molecular weight excluding hydrogens is 368 g/mol. The quantitative estimate of drug-likeness (QED) is 0.478. The Kier molecular flexibility index (Phi) is 5.69. The van der Waals surface area contributed by atoms with Crippen LogP contribution >= 0.6 is 0 Å². The van der Waals surface area contributed by atoms with Gasteiger partial charge in [-0.3, -0.25) is 9.59 Å². The van der Waals surface area contributed by atoms with Crippen LogP contribution in [0.2, 0.25) is 0 Å². The number of hydrogen-bond acceptors (Lipinski definition) is 2. The number of fused-ring (bicyclic) bond motifs is 5. The normalized spacial score (nSPS) is 43.2. The van der Waals surface area contributed by atoms with Crippen LogP contribution in [-0.2, 0) is 9.59 Å². The Bertz CT molecular complexity index is 774. The molecule has 0 spiro atoms. The summed E-state index contributed by atoms with van der Waals surface area (Å²) in [6.45, 7) is 14.2. The maximum Gasteiger partial charge on any atom is 0.159 e. The summed E-state index contributed by atoms with van der Waals surface area (Å²) < 4.78 is 0. The van der Waals surface area contributed by atoms with E-state index in [2.05, 4.69) is 53.7 Å². The van der Waals surface area contributed by atoms with Gasteiger partial charge in [-0.25, -0.2) is 0 Å². The van der Waals surface area contributed by atoms with Gasteiger partial charge in [0.15, 0.2) is 5.78 Å². The Morgan fingerprint density at radius 2 is 1.60 bits per heavy atom. The highest BCUT2D eigenvalue weighted by atomic mass is 16.1. The van der Waals surface area contributed by atoms with Crippen LogP contribution in [0.1, 0.15) is 86.5 Å². The minimum atomic E-state index is -0.0616. The van der Waals surface area contributed by atoms with Crippen LogP contribution in [0.3, 0.4) is 0 Å². The second kappa shape index (κ2) is 7.75. The second-order valence-corrected chi connectivity index (χ2v) is 12.0. The van der Waals surface area contributed by atoms with Gasteiger partial charge >= 0.3 is 0 Å². The molecule has 4 aliphatic rings. The molecule has 0 aromatic rings. The van der Waals surface area contributed by atoms with Gasteiger partial charge in [0.25, 0.3) is 0 Å². The van der Waals surface area contributed by atoms with Gasteiger partial charge in [-0.1, -0.05) is 59.3 Å². The van der Waals surface area contributed by atoms with Crippen LogP contribution in [0.25, 0.3) is 0 Å². The van der Waals surface area contributed by atoms with Crippen molar-refractivity contribution in [3.05, 3.63) is 23.8 Å². The maximum atomic E-state index is 13.1. The molecule has 0 radical (unpaired) electrons. The lowest BCUT2D eigenvalue weighted by Crippen LogP contribution is -2.52. The monoisotopic (exact) mass is 410 g/mol. The van der Waals surface area contributed by atoms with Crippen molar-refractivity contribution in [1.82, 2.24) is 0 Å². The Morgan fingerprint density at radius 3 is 2.30 bits per heavy atom. The summed E-state index contributed by atoms with van der Waals surface area (Å²) in [5.41, 5.74) is 1.78. The fraction of sp³-hybridized carbons (Fsp3) is 0.786. The molecule has 166 valence electrons. The van der Waals surface area contributed by atoms with Crippen molar-refractivity contribution in [2.75, 3.05) is 0 Å². The second-order valence-electron chi connectivity index (χ2n) is 12.0. The summed E-state index contributed by atoms with van der Waals surface area (Å²) in [5.74, 6) is 4.15. The third-order valence-corrected chi connectivity index (χ3v) is 10.2. The molecule has 0 aromatic carbocycles. The molecule has 0 heterocycles. The van der Waals surface area contributed by atoms with Crippen LogP contribution < -0.4 is 0 Å². The molecule has 2 nitrogen and oxygen atoms in total. The van der Waals surface area contributed by atoms with Crippen LogP contribution in [-0.4, -0.2) is 11.6 Å². The van der Waals surface area contributed by atoms with Gasteiger partial charge in [0.2, 0.25) is 0 Å². The first-order valence-corrected chi connectivity index (χ1v) is 12.5. The highest BCUT2D eigenvalue weighted by Gasteiger charge is 2.59. The van der Waals surface area contributed by atoms with Crippen molar-refractivity contribution in [3.63, 3.8) is 0 Å². The summed E-state index contributed by atoms with van der Waals surface area (Å²) in [6.07, 6.45) is 14.0. The predicted molar refractivity (Wildman–Crippen MR) is 123 cm³/mol. The average molecular weight is 411 g/mol. The molecule has 0 aromatic heterocycles. The molecular formula is C28H42O2. The summed E-state index contributed by atoms with van der Waals surface area (Å²) in [7, 11) is 0. The first-order valence-electron chi connectivity index (χ1n) is 12.5. The third-order valence-electron chi connectivity index (χ3n) is 10.2. The van der Waals surface area contributed by atoms with E-state index in [-0.39, 0.29) is 17.1 Å². The molecule has 0 N–H and O–H groups in total. The fourth-order valence-electron chi connectivity index (χ4n) is 7.77. The lowest BCUT2D eigenvalue weighted by Gasteiger charge is -2.56. The van der Waals surface area contributed by atoms with Gasteiger partial charge in [0, 0.05) is 18.8 Å². The Labute approximate surface area is 184 Å². The van der Waals surface area contributed by atoms with Crippen molar-refractivity contribution in [2.45, 2.75) is 86.5 Å². The zero-order valence-electron chi connectivity index (χ0n) is 20.0. The molecule has 4 aliphatic carbocycles. The minimum absolute atomic E-state index is 0.00666. The molecule has 0 saturated heterocycles. The number of carbonyl (C=O) groups is 2. The highest BCUT2D eigenvalue weighted by Crippen LogP contribution is 2.66. The maximum absolute atomic E-state index is 13.1. The van der Waals surface area contributed by atoms with E-state index in [4.69, 9.17) is 0 Å². The van der Waals surface area contributed by atoms with E-state index in [0.717, 1.165) is 6.42 Å². The van der Waals surface area contributed by atoms with Crippen molar-refractivity contribution >= 4 is 11.6 Å². The topological polar surface area (TPSA) is 34.1 Å². The summed E-state index contributed by atoms with van der Waals surface area (Å²) >= 11 is 0. The van der Waals surface area contributed by atoms with Gasteiger partial charge in [-0.15, -0.1) is 0 Å². The van der Waals surface area contributed by atoms with Gasteiger partial charge < -0.3 is 0 Å². The first-order chi connectivity index (χ1) is 14.1. The zero-order chi connectivity index (χ0) is 21.8. The summed E-state index contributed by atoms with van der Waals surface area (Å²) in [6, 6.07) is 0. The fourth-order valence-corrected chi connectivity index (χ4v) is 7.77. The molecule has 3 saturated carbocycles. The van der Waals surface area contributed by atoms with Crippen LogP contribution in [0, 0.1) is 52.3 Å². The van der Waals surface area contributed by atoms with E-state index >= 15 is 0 Å². The van der Waals surface area contributed by atoms with Crippen molar-refractivity contribution in [2.24, 2.45) is 52.3 Å².